The molecule has 2 aromatic rings. The van der Waals surface area contributed by atoms with Crippen LogP contribution in [0.3, 0.4) is 0 Å². The number of amides is 1. The van der Waals surface area contributed by atoms with Gasteiger partial charge in [0.25, 0.3) is 5.91 Å². The minimum absolute atomic E-state index is 0.138. The molecule has 0 aliphatic carbocycles. The molecule has 1 amide bonds. The van der Waals surface area contributed by atoms with E-state index in [1.807, 2.05) is 19.1 Å². The van der Waals surface area contributed by atoms with E-state index in [0.29, 0.717) is 30.4 Å². The van der Waals surface area contributed by atoms with E-state index in [1.54, 1.807) is 18.2 Å². The van der Waals surface area contributed by atoms with Gasteiger partial charge in [-0.05, 0) is 54.3 Å². The van der Waals surface area contributed by atoms with E-state index < -0.39 is 5.91 Å². The Morgan fingerprint density at radius 1 is 1.18 bits per heavy atom. The number of carbonyl (C=O) groups excluding carboxylic acids is 1. The van der Waals surface area contributed by atoms with Gasteiger partial charge >= 0.3 is 0 Å². The van der Waals surface area contributed by atoms with Crippen LogP contribution in [-0.2, 0) is 4.79 Å². The molecule has 0 atom stereocenters. The number of hydrogen-bond acceptors (Lipinski definition) is 4. The van der Waals surface area contributed by atoms with Gasteiger partial charge in [-0.25, -0.2) is 0 Å². The quantitative estimate of drug-likeness (QED) is 0.363. The molecule has 146 valence electrons. The molecule has 2 N–H and O–H groups in total. The number of rotatable bonds is 8. The van der Waals surface area contributed by atoms with Crippen LogP contribution >= 0.6 is 15.9 Å². The Kier molecular flexibility index (Phi) is 7.65. The molecule has 0 heterocycles. The maximum absolute atomic E-state index is 11.3. The van der Waals surface area contributed by atoms with Crippen molar-refractivity contribution in [2.75, 3.05) is 13.2 Å². The summed E-state index contributed by atoms with van der Waals surface area (Å²) in [6, 6.07) is 13.3. The Balaban J connectivity index is 2.09. The minimum Gasteiger partial charge on any atom is -0.490 e. The Morgan fingerprint density at radius 3 is 2.46 bits per heavy atom. The number of primary amides is 1. The highest BCUT2D eigenvalue weighted by atomic mass is 79.9. The fourth-order valence-corrected chi connectivity index (χ4v) is 3.00. The zero-order chi connectivity index (χ0) is 20.7. The summed E-state index contributed by atoms with van der Waals surface area (Å²) in [6.45, 7) is 6.95. The standard InChI is InChI=1S/C22H23BrN2O3/c1-14(2)19-6-4-15(3)10-21(19)28-9-8-27-20-7-5-18(23)12-16(20)11-17(13-24)22(25)26/h4-7,10-12,14H,8-9H2,1-3H3,(H2,25,26)/b17-11-. The molecule has 2 rings (SSSR count). The van der Waals surface area contributed by atoms with Gasteiger partial charge in [-0.15, -0.1) is 0 Å². The lowest BCUT2D eigenvalue weighted by atomic mass is 10.0. The second-order valence-electron chi connectivity index (χ2n) is 6.61. The minimum atomic E-state index is -0.780. The van der Waals surface area contributed by atoms with Crippen molar-refractivity contribution in [3.63, 3.8) is 0 Å². The van der Waals surface area contributed by atoms with Crippen molar-refractivity contribution in [1.82, 2.24) is 0 Å². The summed E-state index contributed by atoms with van der Waals surface area (Å²) < 4.78 is 12.5. The Hall–Kier alpha value is -2.78. The lowest BCUT2D eigenvalue weighted by Crippen LogP contribution is -2.13. The molecule has 0 aliphatic heterocycles. The van der Waals surface area contributed by atoms with Crippen molar-refractivity contribution in [3.8, 4) is 17.6 Å². The Morgan fingerprint density at radius 2 is 1.86 bits per heavy atom. The summed E-state index contributed by atoms with van der Waals surface area (Å²) in [5.41, 5.74) is 7.95. The topological polar surface area (TPSA) is 85.3 Å². The molecular weight excluding hydrogens is 420 g/mol. The molecule has 6 heteroatoms. The van der Waals surface area contributed by atoms with E-state index in [0.717, 1.165) is 21.3 Å². The third kappa shape index (κ3) is 5.86. The van der Waals surface area contributed by atoms with E-state index >= 15 is 0 Å². The summed E-state index contributed by atoms with van der Waals surface area (Å²) in [5.74, 6) is 0.972. The number of carbonyl (C=O) groups is 1. The molecule has 5 nitrogen and oxygen atoms in total. The van der Waals surface area contributed by atoms with Gasteiger partial charge in [-0.3, -0.25) is 4.79 Å². The van der Waals surface area contributed by atoms with Gasteiger partial charge in [-0.2, -0.15) is 5.26 Å². The van der Waals surface area contributed by atoms with Crippen LogP contribution in [-0.4, -0.2) is 19.1 Å². The molecule has 0 fully saturated rings. The maximum atomic E-state index is 11.3. The first-order valence-corrected chi connectivity index (χ1v) is 9.68. The van der Waals surface area contributed by atoms with E-state index in [1.165, 1.54) is 6.08 Å². The lowest BCUT2D eigenvalue weighted by Gasteiger charge is -2.16. The van der Waals surface area contributed by atoms with Gasteiger partial charge in [0.05, 0.1) is 0 Å². The van der Waals surface area contributed by atoms with Crippen LogP contribution in [0.5, 0.6) is 11.5 Å². The fraction of sp³-hybridized carbons (Fsp3) is 0.273. The second-order valence-corrected chi connectivity index (χ2v) is 7.52. The Bertz CT molecular complexity index is 930. The molecule has 2 aromatic carbocycles. The first-order valence-electron chi connectivity index (χ1n) is 8.89. The number of aryl methyl sites for hydroxylation is 1. The molecule has 0 bridgehead atoms. The van der Waals surface area contributed by atoms with Gasteiger partial charge in [0.1, 0.15) is 36.4 Å². The normalized spacial score (nSPS) is 11.2. The first kappa shape index (κ1) is 21.5. The highest BCUT2D eigenvalue weighted by Gasteiger charge is 2.10. The molecule has 0 spiro atoms. The predicted octanol–water partition coefficient (Wildman–Crippen LogP) is 4.73. The number of hydrogen-bond donors (Lipinski definition) is 1. The zero-order valence-electron chi connectivity index (χ0n) is 16.2. The predicted molar refractivity (Wildman–Crippen MR) is 113 cm³/mol. The van der Waals surface area contributed by atoms with E-state index in [9.17, 15) is 4.79 Å². The summed E-state index contributed by atoms with van der Waals surface area (Å²) in [6.07, 6.45) is 1.42. The second kappa shape index (κ2) is 9.95. The van der Waals surface area contributed by atoms with E-state index in [4.69, 9.17) is 20.5 Å². The summed E-state index contributed by atoms with van der Waals surface area (Å²) >= 11 is 3.38. The third-order valence-electron chi connectivity index (χ3n) is 4.05. The van der Waals surface area contributed by atoms with Crippen molar-refractivity contribution in [2.24, 2.45) is 5.73 Å². The summed E-state index contributed by atoms with van der Waals surface area (Å²) in [4.78, 5) is 11.3. The van der Waals surface area contributed by atoms with Crippen molar-refractivity contribution >= 4 is 27.9 Å². The average Bonchev–Trinajstić information content (AvgIpc) is 2.64. The SMILES string of the molecule is Cc1ccc(C(C)C)c(OCCOc2ccc(Br)cc2/C=C(/C#N)C(N)=O)c1. The van der Waals surface area contributed by atoms with E-state index in [-0.39, 0.29) is 5.57 Å². The van der Waals surface area contributed by atoms with Gasteiger partial charge in [0, 0.05) is 10.0 Å². The number of ether oxygens (including phenoxy) is 2. The van der Waals surface area contributed by atoms with Crippen LogP contribution in [0.25, 0.3) is 6.08 Å². The van der Waals surface area contributed by atoms with Gasteiger partial charge in [0.2, 0.25) is 0 Å². The fourth-order valence-electron chi connectivity index (χ4n) is 2.62. The first-order chi connectivity index (χ1) is 13.3. The van der Waals surface area contributed by atoms with Gasteiger partial charge in [0.15, 0.2) is 0 Å². The summed E-state index contributed by atoms with van der Waals surface area (Å²) in [5, 5.41) is 9.06. The number of benzene rings is 2. The van der Waals surface area contributed by atoms with Crippen molar-refractivity contribution < 1.29 is 14.3 Å². The highest BCUT2D eigenvalue weighted by molar-refractivity contribution is 9.10. The van der Waals surface area contributed by atoms with Gasteiger partial charge in [-0.1, -0.05) is 41.9 Å². The maximum Gasteiger partial charge on any atom is 0.259 e. The molecule has 0 aliphatic rings. The summed E-state index contributed by atoms with van der Waals surface area (Å²) in [7, 11) is 0. The number of halogens is 1. The van der Waals surface area contributed by atoms with Crippen molar-refractivity contribution in [1.29, 1.82) is 5.26 Å². The van der Waals surface area contributed by atoms with Crippen LogP contribution in [0, 0.1) is 18.3 Å². The largest absolute Gasteiger partial charge is 0.490 e. The van der Waals surface area contributed by atoms with Crippen LogP contribution in [0.4, 0.5) is 0 Å². The molecule has 0 unspecified atom stereocenters. The van der Waals surface area contributed by atoms with E-state index in [2.05, 4.69) is 41.9 Å². The zero-order valence-corrected chi connectivity index (χ0v) is 17.7. The number of nitrogens with two attached hydrogens (primary N) is 1. The highest BCUT2D eigenvalue weighted by Crippen LogP contribution is 2.28. The third-order valence-corrected chi connectivity index (χ3v) is 4.54. The monoisotopic (exact) mass is 442 g/mol. The lowest BCUT2D eigenvalue weighted by molar-refractivity contribution is -0.114. The van der Waals surface area contributed by atoms with Crippen LogP contribution < -0.4 is 15.2 Å². The molecule has 0 radical (unpaired) electrons. The average molecular weight is 443 g/mol. The van der Waals surface area contributed by atoms with Crippen LogP contribution in [0.2, 0.25) is 0 Å². The molecule has 0 saturated carbocycles. The number of nitriles is 1. The molecule has 0 aromatic heterocycles. The van der Waals surface area contributed by atoms with Crippen molar-refractivity contribution in [2.45, 2.75) is 26.7 Å². The van der Waals surface area contributed by atoms with Crippen molar-refractivity contribution in [3.05, 3.63) is 63.1 Å². The molecular formula is C22H23BrN2O3. The number of nitrogens with zero attached hydrogens (tertiary/aromatic N) is 1. The smallest absolute Gasteiger partial charge is 0.259 e. The Labute approximate surface area is 173 Å². The van der Waals surface area contributed by atoms with Crippen LogP contribution in [0.15, 0.2) is 46.4 Å². The molecule has 28 heavy (non-hydrogen) atoms. The molecule has 0 saturated heterocycles. The van der Waals surface area contributed by atoms with Gasteiger partial charge < -0.3 is 15.2 Å². The van der Waals surface area contributed by atoms with Crippen LogP contribution in [0.1, 0.15) is 36.5 Å².